The van der Waals surface area contributed by atoms with Crippen LogP contribution in [0.4, 0.5) is 10.2 Å². The van der Waals surface area contributed by atoms with Crippen molar-refractivity contribution in [2.45, 2.75) is 25.8 Å². The number of carbonyl (C=O) groups is 2. The fraction of sp³-hybridized carbons (Fsp3) is 0.241. The first-order valence-electron chi connectivity index (χ1n) is 13.0. The highest BCUT2D eigenvalue weighted by Gasteiger charge is 2.32. The highest BCUT2D eigenvalue weighted by molar-refractivity contribution is 6.11. The largest absolute Gasteiger partial charge is 0.483 e. The van der Waals surface area contributed by atoms with Crippen LogP contribution in [0.15, 0.2) is 60.8 Å². The number of amides is 1. The maximum Gasteiger partial charge on any atom is 0.290 e. The maximum atomic E-state index is 15.7. The summed E-state index contributed by atoms with van der Waals surface area (Å²) in [6.45, 7) is 3.23. The van der Waals surface area contributed by atoms with Gasteiger partial charge >= 0.3 is 0 Å². The normalized spacial score (nSPS) is 14.8. The number of rotatable bonds is 5. The highest BCUT2D eigenvalue weighted by atomic mass is 19.1. The second-order valence-electron chi connectivity index (χ2n) is 9.45. The Balaban J connectivity index is 0.00000108. The van der Waals surface area contributed by atoms with Gasteiger partial charge in [0.1, 0.15) is 17.2 Å². The number of anilines is 1. The summed E-state index contributed by atoms with van der Waals surface area (Å²) < 4.78 is 22.3. The summed E-state index contributed by atoms with van der Waals surface area (Å²) in [5.41, 5.74) is 2.32. The molecule has 0 radical (unpaired) electrons. The Morgan fingerprint density at radius 3 is 2.78 bits per heavy atom. The zero-order chi connectivity index (χ0) is 28.9. The third-order valence-corrected chi connectivity index (χ3v) is 6.97. The van der Waals surface area contributed by atoms with Crippen LogP contribution in [0.1, 0.15) is 28.8 Å². The van der Waals surface area contributed by atoms with Crippen LogP contribution in [-0.4, -0.2) is 68.7 Å². The Bertz CT molecular complexity index is 1710. The fourth-order valence-electron chi connectivity index (χ4n) is 5.08. The van der Waals surface area contributed by atoms with Crippen molar-refractivity contribution in [1.29, 1.82) is 0 Å². The van der Waals surface area contributed by atoms with Gasteiger partial charge < -0.3 is 15.2 Å². The molecule has 0 aliphatic carbocycles. The van der Waals surface area contributed by atoms with Gasteiger partial charge in [0, 0.05) is 30.3 Å². The van der Waals surface area contributed by atoms with E-state index in [2.05, 4.69) is 25.6 Å². The molecular weight excluding hydrogens is 529 g/mol. The van der Waals surface area contributed by atoms with Crippen molar-refractivity contribution in [1.82, 2.24) is 30.3 Å². The van der Waals surface area contributed by atoms with E-state index in [9.17, 15) is 4.79 Å². The first-order valence-corrected chi connectivity index (χ1v) is 13.0. The average Bonchev–Trinajstić information content (AvgIpc) is 3.41. The maximum absolute atomic E-state index is 15.7. The van der Waals surface area contributed by atoms with Gasteiger partial charge in [0.2, 0.25) is 5.88 Å². The molecular formula is C29H28FN7O4. The summed E-state index contributed by atoms with van der Waals surface area (Å²) in [4.78, 5) is 33.1. The van der Waals surface area contributed by atoms with Gasteiger partial charge in [-0.3, -0.25) is 14.5 Å². The number of piperidine rings is 1. The summed E-state index contributed by atoms with van der Waals surface area (Å²) in [7, 11) is 1.52. The van der Waals surface area contributed by atoms with Crippen LogP contribution in [0.25, 0.3) is 27.6 Å². The third-order valence-electron chi connectivity index (χ3n) is 6.97. The Morgan fingerprint density at radius 2 is 2.05 bits per heavy atom. The third kappa shape index (κ3) is 5.41. The Labute approximate surface area is 234 Å². The number of aromatic nitrogens is 5. The van der Waals surface area contributed by atoms with Crippen LogP contribution >= 0.6 is 0 Å². The molecule has 5 aromatic rings. The molecule has 1 saturated heterocycles. The first kappa shape index (κ1) is 27.6. The number of pyridine rings is 2. The number of carboxylic acid groups (broad SMARTS) is 1. The molecule has 4 heterocycles. The molecule has 0 spiro atoms. The number of benzene rings is 2. The molecule has 1 amide bonds. The van der Waals surface area contributed by atoms with E-state index < -0.39 is 11.7 Å². The predicted molar refractivity (Wildman–Crippen MR) is 151 cm³/mol. The van der Waals surface area contributed by atoms with Crippen LogP contribution in [0.3, 0.4) is 0 Å². The number of carbonyl (C=O) groups excluding carboxylic acids is 1. The highest BCUT2D eigenvalue weighted by Crippen LogP contribution is 2.32. The molecule has 0 saturated carbocycles. The molecule has 6 rings (SSSR count). The number of nitrogens with one attached hydrogen (secondary N) is 1. The lowest BCUT2D eigenvalue weighted by Crippen LogP contribution is -2.49. The number of hydrogen-bond donors (Lipinski definition) is 2. The van der Waals surface area contributed by atoms with Crippen LogP contribution in [0.5, 0.6) is 5.88 Å². The second-order valence-corrected chi connectivity index (χ2v) is 9.45. The van der Waals surface area contributed by atoms with Crippen molar-refractivity contribution in [3.63, 3.8) is 0 Å². The van der Waals surface area contributed by atoms with Gasteiger partial charge in [-0.05, 0) is 61.5 Å². The molecule has 1 atom stereocenters. The number of fused-ring (bicyclic) bond motifs is 2. The number of aryl methyl sites for hydroxylation is 1. The quantitative estimate of drug-likeness (QED) is 0.308. The Morgan fingerprint density at radius 1 is 1.22 bits per heavy atom. The topological polar surface area (TPSA) is 135 Å². The molecule has 1 fully saturated rings. The van der Waals surface area contributed by atoms with Gasteiger partial charge in [-0.25, -0.2) is 9.37 Å². The van der Waals surface area contributed by atoms with Gasteiger partial charge in [-0.15, -0.1) is 5.10 Å². The first-order chi connectivity index (χ1) is 20.0. The van der Waals surface area contributed by atoms with Gasteiger partial charge in [0.15, 0.2) is 5.65 Å². The summed E-state index contributed by atoms with van der Waals surface area (Å²) in [6.07, 6.45) is 3.40. The van der Waals surface area contributed by atoms with Crippen LogP contribution in [0, 0.1) is 12.7 Å². The fourth-order valence-corrected chi connectivity index (χ4v) is 5.08. The summed E-state index contributed by atoms with van der Waals surface area (Å²) in [5.74, 6) is -0.164. The predicted octanol–water partition coefficient (Wildman–Crippen LogP) is 3.92. The molecule has 0 unspecified atom stereocenters. The van der Waals surface area contributed by atoms with Crippen molar-refractivity contribution < 1.29 is 23.8 Å². The number of halogens is 1. The van der Waals surface area contributed by atoms with E-state index in [1.54, 1.807) is 29.3 Å². The summed E-state index contributed by atoms with van der Waals surface area (Å²) in [5, 5.41) is 20.4. The number of hydrogen-bond acceptors (Lipinski definition) is 8. The number of nitrogens with zero attached hydrogens (tertiary/aromatic N) is 6. The Kier molecular flexibility index (Phi) is 8.11. The average molecular weight is 558 g/mol. The van der Waals surface area contributed by atoms with Crippen LogP contribution < -0.4 is 15.0 Å². The summed E-state index contributed by atoms with van der Waals surface area (Å²) in [6, 6.07) is 15.6. The zero-order valence-corrected chi connectivity index (χ0v) is 22.5. The van der Waals surface area contributed by atoms with Crippen LogP contribution in [0.2, 0.25) is 0 Å². The van der Waals surface area contributed by atoms with Gasteiger partial charge in [-0.1, -0.05) is 23.4 Å². The van der Waals surface area contributed by atoms with Crippen molar-refractivity contribution >= 4 is 40.1 Å². The SMILES string of the molecule is COc1ccc2nnn(-c3ccc(C(=O)N(c4nccc5cccc(C)c45)[C@@H]4CCCNC4)c(F)c3)c2n1.O=CO. The Hall–Kier alpha value is -4.97. The number of ether oxygens (including phenoxy) is 1. The summed E-state index contributed by atoms with van der Waals surface area (Å²) >= 11 is 0. The van der Waals surface area contributed by atoms with Crippen molar-refractivity contribution in [2.75, 3.05) is 25.1 Å². The van der Waals surface area contributed by atoms with Crippen molar-refractivity contribution in [2.24, 2.45) is 0 Å². The molecule has 2 aromatic carbocycles. The van der Waals surface area contributed by atoms with Crippen molar-refractivity contribution in [3.05, 3.63) is 77.7 Å². The van der Waals surface area contributed by atoms with E-state index in [1.165, 1.54) is 23.9 Å². The molecule has 41 heavy (non-hydrogen) atoms. The van der Waals surface area contributed by atoms with E-state index in [-0.39, 0.29) is 18.1 Å². The molecule has 0 bridgehead atoms. The van der Waals surface area contributed by atoms with E-state index in [4.69, 9.17) is 14.6 Å². The van der Waals surface area contributed by atoms with Gasteiger partial charge in [-0.2, -0.15) is 9.67 Å². The van der Waals surface area contributed by atoms with Crippen molar-refractivity contribution in [3.8, 4) is 11.6 Å². The molecule has 1 aliphatic heterocycles. The van der Waals surface area contributed by atoms with E-state index in [0.717, 1.165) is 35.7 Å². The van der Waals surface area contributed by atoms with E-state index in [0.29, 0.717) is 35.1 Å². The number of methoxy groups -OCH3 is 1. The smallest absolute Gasteiger partial charge is 0.290 e. The van der Waals surface area contributed by atoms with Gasteiger partial charge in [0.25, 0.3) is 12.4 Å². The molecule has 1 aliphatic rings. The monoisotopic (exact) mass is 557 g/mol. The van der Waals surface area contributed by atoms with Gasteiger partial charge in [0.05, 0.1) is 24.4 Å². The van der Waals surface area contributed by atoms with E-state index in [1.807, 2.05) is 31.2 Å². The molecule has 3 aromatic heterocycles. The molecule has 210 valence electrons. The molecule has 12 heteroatoms. The lowest BCUT2D eigenvalue weighted by atomic mass is 10.0. The van der Waals surface area contributed by atoms with Crippen LogP contribution in [-0.2, 0) is 4.79 Å². The minimum Gasteiger partial charge on any atom is -0.483 e. The lowest BCUT2D eigenvalue weighted by molar-refractivity contribution is -0.122. The van der Waals surface area contributed by atoms with E-state index >= 15 is 4.39 Å². The minimum absolute atomic E-state index is 0.0401. The standard InChI is InChI=1S/C28H26FN7O2.CH2O2/c1-17-5-3-6-18-12-14-31-27(25(17)18)35(20-7-4-13-30-16-20)28(37)21-9-8-19(15-22(21)29)36-26-23(33-34-36)10-11-24(32-26)38-2;2-1-3/h3,5-6,8-12,14-15,20,30H,4,7,13,16H2,1-2H3;1H,(H,2,3)/t20-;/m1./s1. The molecule has 2 N–H and O–H groups in total. The zero-order valence-electron chi connectivity index (χ0n) is 22.5. The molecule has 11 nitrogen and oxygen atoms in total. The lowest BCUT2D eigenvalue weighted by Gasteiger charge is -2.35. The minimum atomic E-state index is -0.662. The second kappa shape index (κ2) is 12.0.